The van der Waals surface area contributed by atoms with Crippen LogP contribution in [-0.2, 0) is 5.41 Å². The van der Waals surface area contributed by atoms with Crippen molar-refractivity contribution in [1.82, 2.24) is 0 Å². The molecule has 0 saturated heterocycles. The van der Waals surface area contributed by atoms with E-state index in [1.165, 1.54) is 77.4 Å². The van der Waals surface area contributed by atoms with Crippen molar-refractivity contribution < 1.29 is 0 Å². The molecule has 0 aromatic heterocycles. The first kappa shape index (κ1) is 32.8. The summed E-state index contributed by atoms with van der Waals surface area (Å²) in [5, 5.41) is 4.85. The summed E-state index contributed by atoms with van der Waals surface area (Å²) in [7, 11) is 0. The minimum atomic E-state index is -0.157. The third-order valence-corrected chi connectivity index (χ3v) is 11.3. The fourth-order valence-electron chi connectivity index (χ4n) is 8.40. The Labute approximate surface area is 313 Å². The third kappa shape index (κ3) is 5.40. The van der Waals surface area contributed by atoms with Gasteiger partial charge in [0.15, 0.2) is 0 Å². The van der Waals surface area contributed by atoms with Gasteiger partial charge in [-0.05, 0) is 111 Å². The van der Waals surface area contributed by atoms with Crippen LogP contribution < -0.4 is 9.80 Å². The Morgan fingerprint density at radius 1 is 0.340 bits per heavy atom. The molecule has 8 aromatic rings. The van der Waals surface area contributed by atoms with E-state index in [-0.39, 0.29) is 5.41 Å². The molecule has 0 amide bonds. The average Bonchev–Trinajstić information content (AvgIpc) is 3.39. The summed E-state index contributed by atoms with van der Waals surface area (Å²) < 4.78 is 0. The summed E-state index contributed by atoms with van der Waals surface area (Å²) in [6.45, 7) is 13.4. The van der Waals surface area contributed by atoms with E-state index in [0.29, 0.717) is 0 Å². The molecule has 0 aliphatic heterocycles. The lowest BCUT2D eigenvalue weighted by atomic mass is 9.81. The number of fused-ring (bicyclic) bond motifs is 5. The molecule has 0 fully saturated rings. The van der Waals surface area contributed by atoms with E-state index in [9.17, 15) is 0 Å². The predicted octanol–water partition coefficient (Wildman–Crippen LogP) is 14.5. The minimum absolute atomic E-state index is 0.157. The number of anilines is 6. The maximum atomic E-state index is 2.52. The van der Waals surface area contributed by atoms with E-state index < -0.39 is 0 Å². The van der Waals surface area contributed by atoms with Crippen LogP contribution in [0.5, 0.6) is 0 Å². The van der Waals surface area contributed by atoms with E-state index in [1.807, 2.05) is 0 Å². The summed E-state index contributed by atoms with van der Waals surface area (Å²) >= 11 is 0. The van der Waals surface area contributed by atoms with Crippen molar-refractivity contribution in [3.05, 3.63) is 191 Å². The summed E-state index contributed by atoms with van der Waals surface area (Å²) in [5.74, 6) is 0. The van der Waals surface area contributed by atoms with E-state index in [2.05, 4.69) is 209 Å². The largest absolute Gasteiger partial charge is 0.309 e. The van der Waals surface area contributed by atoms with Crippen molar-refractivity contribution in [3.63, 3.8) is 0 Å². The zero-order chi connectivity index (χ0) is 36.4. The van der Waals surface area contributed by atoms with Crippen molar-refractivity contribution in [2.45, 2.75) is 47.0 Å². The topological polar surface area (TPSA) is 6.48 Å². The maximum absolute atomic E-state index is 2.52. The van der Waals surface area contributed by atoms with Gasteiger partial charge in [0, 0.05) is 49.7 Å². The normalized spacial score (nSPS) is 12.9. The van der Waals surface area contributed by atoms with Crippen molar-refractivity contribution in [2.75, 3.05) is 9.80 Å². The molecular weight excluding hydrogens is 641 g/mol. The Hall–Kier alpha value is -6.12. The maximum Gasteiger partial charge on any atom is 0.0620 e. The Balaban J connectivity index is 1.48. The second-order valence-electron chi connectivity index (χ2n) is 15.4. The van der Waals surface area contributed by atoms with Crippen LogP contribution in [-0.4, -0.2) is 0 Å². The van der Waals surface area contributed by atoms with Crippen LogP contribution in [0.2, 0.25) is 0 Å². The highest BCUT2D eigenvalue weighted by Crippen LogP contribution is 2.56. The number of rotatable bonds is 6. The van der Waals surface area contributed by atoms with Crippen LogP contribution in [0.1, 0.15) is 47.2 Å². The quantitative estimate of drug-likeness (QED) is 0.127. The first-order chi connectivity index (χ1) is 25.7. The Morgan fingerprint density at radius 2 is 0.698 bits per heavy atom. The van der Waals surface area contributed by atoms with Crippen molar-refractivity contribution in [1.29, 1.82) is 0 Å². The van der Waals surface area contributed by atoms with Crippen LogP contribution in [0.25, 0.3) is 32.7 Å². The average molecular weight is 685 g/mol. The summed E-state index contributed by atoms with van der Waals surface area (Å²) in [4.78, 5) is 4.96. The highest BCUT2D eigenvalue weighted by molar-refractivity contribution is 6.24. The first-order valence-electron chi connectivity index (χ1n) is 18.7. The van der Waals surface area contributed by atoms with Gasteiger partial charge in [0.2, 0.25) is 0 Å². The fourth-order valence-corrected chi connectivity index (χ4v) is 8.40. The molecule has 0 radical (unpaired) electrons. The molecule has 0 saturated carbocycles. The highest BCUT2D eigenvalue weighted by Gasteiger charge is 2.37. The first-order valence-corrected chi connectivity index (χ1v) is 18.7. The lowest BCUT2D eigenvalue weighted by Gasteiger charge is -2.33. The monoisotopic (exact) mass is 684 g/mol. The van der Waals surface area contributed by atoms with E-state index in [0.717, 1.165) is 22.7 Å². The van der Waals surface area contributed by atoms with Gasteiger partial charge in [-0.25, -0.2) is 0 Å². The Bertz CT molecular complexity index is 2560. The molecule has 258 valence electrons. The van der Waals surface area contributed by atoms with Crippen molar-refractivity contribution in [2.24, 2.45) is 0 Å². The molecule has 0 atom stereocenters. The predicted molar refractivity (Wildman–Crippen MR) is 227 cm³/mol. The molecule has 0 N–H and O–H groups in total. The van der Waals surface area contributed by atoms with E-state index >= 15 is 0 Å². The molecule has 0 bridgehead atoms. The molecular formula is C51H44N2. The number of aryl methyl sites for hydroxylation is 4. The van der Waals surface area contributed by atoms with Gasteiger partial charge in [-0.3, -0.25) is 0 Å². The second-order valence-corrected chi connectivity index (χ2v) is 15.4. The molecule has 0 heterocycles. The van der Waals surface area contributed by atoms with E-state index in [1.54, 1.807) is 0 Å². The third-order valence-electron chi connectivity index (χ3n) is 11.3. The summed E-state index contributed by atoms with van der Waals surface area (Å²) in [6.07, 6.45) is 0. The molecule has 1 aliphatic rings. The molecule has 9 rings (SSSR count). The van der Waals surface area contributed by atoms with Crippen molar-refractivity contribution in [3.8, 4) is 11.1 Å². The lowest BCUT2D eigenvalue weighted by Crippen LogP contribution is -2.17. The van der Waals surface area contributed by atoms with Gasteiger partial charge in [0.25, 0.3) is 0 Å². The number of benzene rings is 8. The molecule has 0 unspecified atom stereocenters. The molecule has 2 nitrogen and oxygen atoms in total. The van der Waals surface area contributed by atoms with Crippen molar-refractivity contribution >= 4 is 55.7 Å². The molecule has 1 aliphatic carbocycles. The minimum Gasteiger partial charge on any atom is -0.309 e. The number of nitrogens with zero attached hydrogens (tertiary/aromatic N) is 2. The molecule has 8 aromatic carbocycles. The smallest absolute Gasteiger partial charge is 0.0620 e. The number of hydrogen-bond acceptors (Lipinski definition) is 2. The van der Waals surface area contributed by atoms with E-state index in [4.69, 9.17) is 0 Å². The summed E-state index contributed by atoms with van der Waals surface area (Å²) in [6, 6.07) is 58.9. The van der Waals surface area contributed by atoms with Crippen LogP contribution in [0.15, 0.2) is 158 Å². The van der Waals surface area contributed by atoms with Gasteiger partial charge in [-0.2, -0.15) is 0 Å². The van der Waals surface area contributed by atoms with Gasteiger partial charge >= 0.3 is 0 Å². The Kier molecular flexibility index (Phi) is 7.75. The van der Waals surface area contributed by atoms with Gasteiger partial charge in [0.05, 0.1) is 11.4 Å². The van der Waals surface area contributed by atoms with Crippen LogP contribution in [0, 0.1) is 27.7 Å². The standard InChI is InChI=1S/C51H44N2/c1-33-15-23-37(24-16-33)52(38-25-17-34(2)18-26-38)49-42-12-7-8-13-43(42)50(53(39-27-19-35(3)20-28-39)40-29-21-36(4)22-30-40)46-32-48-44(31-45(46)49)41-11-9-10-14-47(41)51(48,5)6/h7-32H,1-6H3. The van der Waals surface area contributed by atoms with Crippen LogP contribution in [0.3, 0.4) is 0 Å². The number of hydrogen-bond donors (Lipinski definition) is 0. The molecule has 53 heavy (non-hydrogen) atoms. The highest BCUT2D eigenvalue weighted by atomic mass is 15.2. The fraction of sp³-hybridized carbons (Fsp3) is 0.137. The van der Waals surface area contributed by atoms with Gasteiger partial charge in [0.1, 0.15) is 0 Å². The van der Waals surface area contributed by atoms with Gasteiger partial charge in [-0.1, -0.05) is 133 Å². The van der Waals surface area contributed by atoms with Crippen LogP contribution >= 0.6 is 0 Å². The zero-order valence-corrected chi connectivity index (χ0v) is 31.4. The molecule has 2 heteroatoms. The van der Waals surface area contributed by atoms with Gasteiger partial charge in [-0.15, -0.1) is 0 Å². The summed E-state index contributed by atoms with van der Waals surface area (Å²) in [5.41, 5.74) is 17.1. The SMILES string of the molecule is Cc1ccc(N(c2ccc(C)cc2)c2c3ccccc3c(N(c3ccc(C)cc3)c3ccc(C)cc3)c3cc4c(cc23)-c2ccccc2C4(C)C)cc1. The molecule has 0 spiro atoms. The van der Waals surface area contributed by atoms with Crippen LogP contribution in [0.4, 0.5) is 34.1 Å². The van der Waals surface area contributed by atoms with Gasteiger partial charge < -0.3 is 9.80 Å². The zero-order valence-electron chi connectivity index (χ0n) is 31.4. The second kappa shape index (κ2) is 12.5. The Morgan fingerprint density at radius 3 is 1.11 bits per heavy atom. The lowest BCUT2D eigenvalue weighted by molar-refractivity contribution is 0.661.